The molecule has 1 aliphatic rings. The number of hydrogen-bond acceptors (Lipinski definition) is 3. The summed E-state index contributed by atoms with van der Waals surface area (Å²) in [5.41, 5.74) is 8.08. The SMILES string of the molecule is CCCC1CCN(c2c(N)c(C)nn2CCC)CC1. The van der Waals surface area contributed by atoms with E-state index in [0.29, 0.717) is 0 Å². The van der Waals surface area contributed by atoms with Crippen LogP contribution in [-0.2, 0) is 6.54 Å². The van der Waals surface area contributed by atoms with Crippen molar-refractivity contribution in [3.05, 3.63) is 5.69 Å². The molecule has 2 rings (SSSR count). The molecule has 0 aromatic carbocycles. The standard InChI is InChI=1S/C15H28N4/c1-4-6-13-7-10-18(11-8-13)15-14(16)12(3)17-19(15)9-5-2/h13H,4-11,16H2,1-3H3. The number of aryl methyl sites for hydroxylation is 2. The molecule has 0 unspecified atom stereocenters. The normalized spacial score (nSPS) is 17.1. The Balaban J connectivity index is 2.10. The molecule has 0 saturated carbocycles. The highest BCUT2D eigenvalue weighted by Gasteiger charge is 2.24. The number of nitrogens with two attached hydrogens (primary N) is 1. The summed E-state index contributed by atoms with van der Waals surface area (Å²) in [5, 5.41) is 4.58. The average Bonchev–Trinajstić information content (AvgIpc) is 2.67. The lowest BCUT2D eigenvalue weighted by atomic mass is 9.92. The molecule has 4 nitrogen and oxygen atoms in total. The molecule has 1 aromatic rings. The van der Waals surface area contributed by atoms with E-state index in [0.717, 1.165) is 49.2 Å². The molecule has 0 radical (unpaired) electrons. The van der Waals surface area contributed by atoms with Crippen LogP contribution in [0.2, 0.25) is 0 Å². The second kappa shape index (κ2) is 6.31. The molecule has 0 spiro atoms. The summed E-state index contributed by atoms with van der Waals surface area (Å²) in [6, 6.07) is 0. The first kappa shape index (κ1) is 14.2. The molecular weight excluding hydrogens is 236 g/mol. The third kappa shape index (κ3) is 3.04. The third-order valence-electron chi connectivity index (χ3n) is 4.19. The molecule has 0 aliphatic carbocycles. The molecule has 4 heteroatoms. The smallest absolute Gasteiger partial charge is 0.150 e. The number of nitrogens with zero attached hydrogens (tertiary/aromatic N) is 3. The number of anilines is 2. The van der Waals surface area contributed by atoms with Gasteiger partial charge in [-0.2, -0.15) is 5.10 Å². The molecule has 1 saturated heterocycles. The van der Waals surface area contributed by atoms with Crippen molar-refractivity contribution in [2.45, 2.75) is 59.4 Å². The largest absolute Gasteiger partial charge is 0.394 e. The van der Waals surface area contributed by atoms with Crippen molar-refractivity contribution in [2.75, 3.05) is 23.7 Å². The van der Waals surface area contributed by atoms with Gasteiger partial charge in [0, 0.05) is 19.6 Å². The predicted octanol–water partition coefficient (Wildman–Crippen LogP) is 3.20. The molecule has 1 aromatic heterocycles. The van der Waals surface area contributed by atoms with E-state index < -0.39 is 0 Å². The Morgan fingerprint density at radius 2 is 1.89 bits per heavy atom. The molecule has 0 bridgehead atoms. The minimum Gasteiger partial charge on any atom is -0.394 e. The van der Waals surface area contributed by atoms with E-state index >= 15 is 0 Å². The van der Waals surface area contributed by atoms with Gasteiger partial charge in [0.1, 0.15) is 0 Å². The third-order valence-corrected chi connectivity index (χ3v) is 4.19. The Bertz CT molecular complexity index is 403. The fraction of sp³-hybridized carbons (Fsp3) is 0.800. The number of aromatic nitrogens is 2. The molecule has 0 atom stereocenters. The van der Waals surface area contributed by atoms with E-state index in [1.807, 2.05) is 6.92 Å². The van der Waals surface area contributed by atoms with Gasteiger partial charge >= 0.3 is 0 Å². The van der Waals surface area contributed by atoms with Crippen molar-refractivity contribution >= 4 is 11.5 Å². The monoisotopic (exact) mass is 264 g/mol. The lowest BCUT2D eigenvalue weighted by molar-refractivity contribution is 0.374. The molecule has 0 amide bonds. The van der Waals surface area contributed by atoms with Gasteiger partial charge in [0.25, 0.3) is 0 Å². The molecule has 108 valence electrons. The number of nitrogen functional groups attached to an aromatic ring is 1. The van der Waals surface area contributed by atoms with Crippen LogP contribution in [0, 0.1) is 12.8 Å². The van der Waals surface area contributed by atoms with Gasteiger partial charge in [-0.1, -0.05) is 26.7 Å². The second-order valence-electron chi connectivity index (χ2n) is 5.76. The molecule has 19 heavy (non-hydrogen) atoms. The van der Waals surface area contributed by atoms with Crippen molar-refractivity contribution < 1.29 is 0 Å². The highest BCUT2D eigenvalue weighted by atomic mass is 15.4. The van der Waals surface area contributed by atoms with E-state index in [9.17, 15) is 0 Å². The van der Waals surface area contributed by atoms with E-state index in [-0.39, 0.29) is 0 Å². The van der Waals surface area contributed by atoms with Gasteiger partial charge in [-0.15, -0.1) is 0 Å². The van der Waals surface area contributed by atoms with E-state index in [1.54, 1.807) is 0 Å². The van der Waals surface area contributed by atoms with Gasteiger partial charge in [0.2, 0.25) is 0 Å². The van der Waals surface area contributed by atoms with E-state index in [4.69, 9.17) is 5.73 Å². The molecule has 1 fully saturated rings. The first-order chi connectivity index (χ1) is 9.17. The van der Waals surface area contributed by atoms with Gasteiger partial charge in [-0.25, -0.2) is 4.68 Å². The maximum absolute atomic E-state index is 6.23. The summed E-state index contributed by atoms with van der Waals surface area (Å²) >= 11 is 0. The topological polar surface area (TPSA) is 47.1 Å². The van der Waals surface area contributed by atoms with Gasteiger partial charge < -0.3 is 10.6 Å². The number of piperidine rings is 1. The summed E-state index contributed by atoms with van der Waals surface area (Å²) < 4.78 is 2.10. The van der Waals surface area contributed by atoms with Crippen LogP contribution in [-0.4, -0.2) is 22.9 Å². The summed E-state index contributed by atoms with van der Waals surface area (Å²) in [4.78, 5) is 2.44. The Morgan fingerprint density at radius 3 is 2.47 bits per heavy atom. The fourth-order valence-corrected chi connectivity index (χ4v) is 3.13. The Morgan fingerprint density at radius 1 is 1.21 bits per heavy atom. The van der Waals surface area contributed by atoms with Crippen molar-refractivity contribution in [2.24, 2.45) is 5.92 Å². The highest BCUT2D eigenvalue weighted by molar-refractivity contribution is 5.66. The first-order valence-electron chi connectivity index (χ1n) is 7.75. The van der Waals surface area contributed by atoms with Crippen LogP contribution in [0.5, 0.6) is 0 Å². The lowest BCUT2D eigenvalue weighted by Crippen LogP contribution is -2.35. The van der Waals surface area contributed by atoms with Gasteiger partial charge in [0.15, 0.2) is 5.82 Å². The maximum Gasteiger partial charge on any atom is 0.150 e. The molecule has 2 N–H and O–H groups in total. The van der Waals surface area contributed by atoms with Gasteiger partial charge in [0.05, 0.1) is 11.4 Å². The molecular formula is C15H28N4. The maximum atomic E-state index is 6.23. The zero-order chi connectivity index (χ0) is 13.8. The minimum atomic E-state index is 0.877. The van der Waals surface area contributed by atoms with Crippen LogP contribution >= 0.6 is 0 Å². The van der Waals surface area contributed by atoms with Crippen molar-refractivity contribution in [1.82, 2.24) is 9.78 Å². The predicted molar refractivity (Wildman–Crippen MR) is 81.5 cm³/mol. The van der Waals surface area contributed by atoms with Crippen LogP contribution in [0.1, 0.15) is 51.6 Å². The Labute approximate surface area is 117 Å². The summed E-state index contributed by atoms with van der Waals surface area (Å²) in [7, 11) is 0. The van der Waals surface area contributed by atoms with Crippen molar-refractivity contribution in [1.29, 1.82) is 0 Å². The van der Waals surface area contributed by atoms with Crippen LogP contribution < -0.4 is 10.6 Å². The summed E-state index contributed by atoms with van der Waals surface area (Å²) in [5.74, 6) is 2.07. The number of rotatable bonds is 5. The lowest BCUT2D eigenvalue weighted by Gasteiger charge is -2.34. The summed E-state index contributed by atoms with van der Waals surface area (Å²) in [6.45, 7) is 9.69. The van der Waals surface area contributed by atoms with Gasteiger partial charge in [-0.3, -0.25) is 0 Å². The van der Waals surface area contributed by atoms with Crippen molar-refractivity contribution in [3.63, 3.8) is 0 Å². The zero-order valence-corrected chi connectivity index (χ0v) is 12.7. The fourth-order valence-electron chi connectivity index (χ4n) is 3.13. The second-order valence-corrected chi connectivity index (χ2v) is 5.76. The zero-order valence-electron chi connectivity index (χ0n) is 12.7. The molecule has 2 heterocycles. The van der Waals surface area contributed by atoms with Crippen LogP contribution in [0.15, 0.2) is 0 Å². The van der Waals surface area contributed by atoms with E-state index in [1.165, 1.54) is 25.7 Å². The Hall–Kier alpha value is -1.19. The van der Waals surface area contributed by atoms with Crippen LogP contribution in [0.3, 0.4) is 0 Å². The van der Waals surface area contributed by atoms with Crippen LogP contribution in [0.4, 0.5) is 11.5 Å². The average molecular weight is 264 g/mol. The Kier molecular flexibility index (Phi) is 4.72. The highest BCUT2D eigenvalue weighted by Crippen LogP contribution is 2.31. The summed E-state index contributed by atoms with van der Waals surface area (Å²) in [6.07, 6.45) is 6.36. The van der Waals surface area contributed by atoms with E-state index in [2.05, 4.69) is 28.5 Å². The number of hydrogen-bond donors (Lipinski definition) is 1. The van der Waals surface area contributed by atoms with Gasteiger partial charge in [-0.05, 0) is 32.1 Å². The van der Waals surface area contributed by atoms with Crippen molar-refractivity contribution in [3.8, 4) is 0 Å². The van der Waals surface area contributed by atoms with Crippen LogP contribution in [0.25, 0.3) is 0 Å². The molecule has 1 aliphatic heterocycles. The first-order valence-corrected chi connectivity index (χ1v) is 7.75. The minimum absolute atomic E-state index is 0.877. The quantitative estimate of drug-likeness (QED) is 0.888.